The molecular formula is C26H29N3O6. The average molecular weight is 480 g/mol. The number of likely N-dealkylation sites (tertiary alicyclic amines) is 1. The molecule has 0 aliphatic carbocycles. The van der Waals surface area contributed by atoms with E-state index in [4.69, 9.17) is 4.74 Å². The summed E-state index contributed by atoms with van der Waals surface area (Å²) in [5, 5.41) is 12.1. The first kappa shape index (κ1) is 24.6. The molecule has 0 radical (unpaired) electrons. The van der Waals surface area contributed by atoms with Crippen molar-refractivity contribution in [3.63, 3.8) is 0 Å². The molecule has 2 aliphatic heterocycles. The molecule has 2 N–H and O–H groups in total. The van der Waals surface area contributed by atoms with Crippen molar-refractivity contribution in [3.05, 3.63) is 64.7 Å². The standard InChI is InChI=1S/C26H29N3O6/c1-35-13-3-10-29-25(33)21-7-6-18(15-22(21)26(29)34)23(31)27-20-5-2-4-19(14-20)24(32)28-11-8-17(16-30)9-12-28/h2,4-7,14-15,17,30H,3,8-13,16H2,1H3,(H,27,31). The van der Waals surface area contributed by atoms with Gasteiger partial charge in [-0.05, 0) is 61.6 Å². The topological polar surface area (TPSA) is 116 Å². The molecule has 2 heterocycles. The SMILES string of the molecule is COCCCN1C(=O)c2ccc(C(=O)Nc3cccc(C(=O)N4CCC(CO)CC4)c3)cc2C1=O. The Balaban J connectivity index is 1.44. The van der Waals surface area contributed by atoms with E-state index in [2.05, 4.69) is 5.32 Å². The van der Waals surface area contributed by atoms with Crippen molar-refractivity contribution in [1.82, 2.24) is 9.80 Å². The van der Waals surface area contributed by atoms with E-state index in [1.807, 2.05) is 0 Å². The first-order valence-corrected chi connectivity index (χ1v) is 11.7. The van der Waals surface area contributed by atoms with Gasteiger partial charge in [-0.25, -0.2) is 0 Å². The number of rotatable bonds is 8. The summed E-state index contributed by atoms with van der Waals surface area (Å²) in [6.07, 6.45) is 2.06. The Morgan fingerprint density at radius 3 is 2.49 bits per heavy atom. The lowest BCUT2D eigenvalue weighted by atomic mass is 9.97. The maximum atomic E-state index is 12.9. The van der Waals surface area contributed by atoms with Gasteiger partial charge < -0.3 is 20.1 Å². The normalized spacial score (nSPS) is 15.9. The van der Waals surface area contributed by atoms with Gasteiger partial charge in [0, 0.05) is 56.8 Å². The number of anilines is 1. The highest BCUT2D eigenvalue weighted by Gasteiger charge is 2.35. The number of ether oxygens (including phenoxy) is 1. The van der Waals surface area contributed by atoms with Crippen molar-refractivity contribution >= 4 is 29.3 Å². The summed E-state index contributed by atoms with van der Waals surface area (Å²) in [6.45, 7) is 2.00. The highest BCUT2D eigenvalue weighted by molar-refractivity contribution is 6.22. The predicted octanol–water partition coefficient (Wildman–Crippen LogP) is 2.42. The number of nitrogens with one attached hydrogen (secondary N) is 1. The van der Waals surface area contributed by atoms with Crippen LogP contribution >= 0.6 is 0 Å². The second-order valence-electron chi connectivity index (χ2n) is 8.82. The molecule has 2 aromatic carbocycles. The summed E-state index contributed by atoms with van der Waals surface area (Å²) in [5.41, 5.74) is 1.64. The Bertz CT molecular complexity index is 1140. The number of carbonyl (C=O) groups is 4. The number of benzene rings is 2. The zero-order valence-electron chi connectivity index (χ0n) is 19.7. The van der Waals surface area contributed by atoms with Crippen LogP contribution in [0.3, 0.4) is 0 Å². The maximum Gasteiger partial charge on any atom is 0.261 e. The second kappa shape index (κ2) is 10.8. The monoisotopic (exact) mass is 479 g/mol. The second-order valence-corrected chi connectivity index (χ2v) is 8.82. The molecule has 0 aromatic heterocycles. The summed E-state index contributed by atoms with van der Waals surface area (Å²) < 4.78 is 4.99. The lowest BCUT2D eigenvalue weighted by Gasteiger charge is -2.31. The minimum Gasteiger partial charge on any atom is -0.396 e. The third kappa shape index (κ3) is 5.26. The molecule has 4 amide bonds. The van der Waals surface area contributed by atoms with Gasteiger partial charge in [-0.2, -0.15) is 0 Å². The number of aliphatic hydroxyl groups is 1. The third-order valence-electron chi connectivity index (χ3n) is 6.49. The third-order valence-corrected chi connectivity index (χ3v) is 6.49. The quantitative estimate of drug-likeness (QED) is 0.444. The largest absolute Gasteiger partial charge is 0.396 e. The van der Waals surface area contributed by atoms with E-state index in [0.717, 1.165) is 12.8 Å². The maximum absolute atomic E-state index is 12.9. The molecule has 0 atom stereocenters. The molecular weight excluding hydrogens is 450 g/mol. The van der Waals surface area contributed by atoms with E-state index < -0.39 is 11.8 Å². The van der Waals surface area contributed by atoms with Crippen LogP contribution in [0.2, 0.25) is 0 Å². The molecule has 4 rings (SSSR count). The highest BCUT2D eigenvalue weighted by Crippen LogP contribution is 2.25. The number of aliphatic hydroxyl groups excluding tert-OH is 1. The van der Waals surface area contributed by atoms with Crippen LogP contribution in [0.15, 0.2) is 42.5 Å². The molecule has 184 valence electrons. The molecule has 1 fully saturated rings. The molecule has 9 nitrogen and oxygen atoms in total. The van der Waals surface area contributed by atoms with Crippen LogP contribution in [0.5, 0.6) is 0 Å². The van der Waals surface area contributed by atoms with Crippen molar-refractivity contribution in [3.8, 4) is 0 Å². The Labute approximate surface area is 203 Å². The summed E-state index contributed by atoms with van der Waals surface area (Å²) in [6, 6.07) is 11.2. The van der Waals surface area contributed by atoms with E-state index in [-0.39, 0.29) is 47.6 Å². The van der Waals surface area contributed by atoms with Gasteiger partial charge in [0.2, 0.25) is 0 Å². The Kier molecular flexibility index (Phi) is 7.57. The number of fused-ring (bicyclic) bond motifs is 1. The van der Waals surface area contributed by atoms with Crippen LogP contribution in [0.4, 0.5) is 5.69 Å². The minimum atomic E-state index is -0.445. The fourth-order valence-electron chi connectivity index (χ4n) is 4.44. The van der Waals surface area contributed by atoms with Crippen molar-refractivity contribution in [2.75, 3.05) is 45.3 Å². The van der Waals surface area contributed by atoms with Gasteiger partial charge in [0.25, 0.3) is 23.6 Å². The Hall–Kier alpha value is -3.56. The summed E-state index contributed by atoms with van der Waals surface area (Å²) in [4.78, 5) is 54.0. The zero-order chi connectivity index (χ0) is 24.9. The molecule has 0 saturated carbocycles. The fraction of sp³-hybridized carbons (Fsp3) is 0.385. The number of methoxy groups -OCH3 is 1. The zero-order valence-corrected chi connectivity index (χ0v) is 19.7. The van der Waals surface area contributed by atoms with E-state index in [1.165, 1.54) is 23.1 Å². The van der Waals surface area contributed by atoms with E-state index >= 15 is 0 Å². The molecule has 35 heavy (non-hydrogen) atoms. The molecule has 0 bridgehead atoms. The van der Waals surface area contributed by atoms with Gasteiger partial charge in [0.1, 0.15) is 0 Å². The molecule has 2 aromatic rings. The van der Waals surface area contributed by atoms with Gasteiger partial charge in [-0.15, -0.1) is 0 Å². The van der Waals surface area contributed by atoms with Crippen LogP contribution in [-0.4, -0.2) is 78.5 Å². The summed E-state index contributed by atoms with van der Waals surface area (Å²) in [5.74, 6) is -1.13. The first-order chi connectivity index (χ1) is 16.9. The number of nitrogens with zero attached hydrogens (tertiary/aromatic N) is 2. The van der Waals surface area contributed by atoms with Crippen LogP contribution in [0, 0.1) is 5.92 Å². The lowest BCUT2D eigenvalue weighted by molar-refractivity contribution is 0.0633. The van der Waals surface area contributed by atoms with Gasteiger partial charge in [-0.3, -0.25) is 24.1 Å². The average Bonchev–Trinajstić information content (AvgIpc) is 3.13. The Morgan fingerprint density at radius 2 is 1.77 bits per heavy atom. The molecule has 0 unspecified atom stereocenters. The number of piperidine rings is 1. The van der Waals surface area contributed by atoms with Gasteiger partial charge in [0.15, 0.2) is 0 Å². The summed E-state index contributed by atoms with van der Waals surface area (Å²) in [7, 11) is 1.56. The van der Waals surface area contributed by atoms with Gasteiger partial charge in [-0.1, -0.05) is 6.07 Å². The molecule has 1 saturated heterocycles. The highest BCUT2D eigenvalue weighted by atomic mass is 16.5. The number of carbonyl (C=O) groups excluding carboxylic acids is 4. The number of hydrogen-bond donors (Lipinski definition) is 2. The van der Waals surface area contributed by atoms with Crippen molar-refractivity contribution in [2.45, 2.75) is 19.3 Å². The Morgan fingerprint density at radius 1 is 1.03 bits per heavy atom. The molecule has 0 spiro atoms. The van der Waals surface area contributed by atoms with E-state index in [0.29, 0.717) is 37.4 Å². The van der Waals surface area contributed by atoms with Crippen molar-refractivity contribution in [1.29, 1.82) is 0 Å². The van der Waals surface area contributed by atoms with Crippen LogP contribution in [0.25, 0.3) is 0 Å². The smallest absolute Gasteiger partial charge is 0.261 e. The van der Waals surface area contributed by atoms with Crippen LogP contribution in [-0.2, 0) is 4.74 Å². The van der Waals surface area contributed by atoms with Crippen molar-refractivity contribution < 1.29 is 29.0 Å². The number of imide groups is 1. The minimum absolute atomic E-state index is 0.118. The number of hydrogen-bond acceptors (Lipinski definition) is 6. The van der Waals surface area contributed by atoms with Crippen LogP contribution in [0.1, 0.15) is 60.7 Å². The van der Waals surface area contributed by atoms with Crippen LogP contribution < -0.4 is 5.32 Å². The molecule has 2 aliphatic rings. The summed E-state index contributed by atoms with van der Waals surface area (Å²) >= 11 is 0. The molecule has 9 heteroatoms. The first-order valence-electron chi connectivity index (χ1n) is 11.7. The van der Waals surface area contributed by atoms with Crippen molar-refractivity contribution in [2.24, 2.45) is 5.92 Å². The number of amides is 4. The fourth-order valence-corrected chi connectivity index (χ4v) is 4.44. The van der Waals surface area contributed by atoms with E-state index in [1.54, 1.807) is 36.3 Å². The van der Waals surface area contributed by atoms with Gasteiger partial charge >= 0.3 is 0 Å². The van der Waals surface area contributed by atoms with Gasteiger partial charge in [0.05, 0.1) is 11.1 Å². The lowest BCUT2D eigenvalue weighted by Crippen LogP contribution is -2.39. The predicted molar refractivity (Wildman–Crippen MR) is 128 cm³/mol. The van der Waals surface area contributed by atoms with E-state index in [9.17, 15) is 24.3 Å².